The minimum atomic E-state index is -1.13. The molecule has 0 aliphatic carbocycles. The zero-order valence-electron chi connectivity index (χ0n) is 8.58. The first-order valence-corrected chi connectivity index (χ1v) is 4.97. The Kier molecular flexibility index (Phi) is 3.91. The molecule has 0 aliphatic rings. The van der Waals surface area contributed by atoms with Crippen LogP contribution in [-0.2, 0) is 0 Å². The molecule has 1 aromatic rings. The molecule has 82 valence electrons. The van der Waals surface area contributed by atoms with Crippen molar-refractivity contribution in [1.29, 1.82) is 0 Å². The average Bonchev–Trinajstić information content (AvgIpc) is 2.12. The minimum absolute atomic E-state index is 0.0337. The van der Waals surface area contributed by atoms with Gasteiger partial charge in [-0.25, -0.2) is 9.78 Å². The number of rotatable bonds is 4. The maximum absolute atomic E-state index is 10.9. The van der Waals surface area contributed by atoms with E-state index in [1.807, 2.05) is 6.92 Å². The highest BCUT2D eigenvalue weighted by molar-refractivity contribution is 6.32. The number of hydrogen-bond acceptors (Lipinski definition) is 3. The monoisotopic (exact) mass is 229 g/mol. The number of carboxylic acids is 1. The summed E-state index contributed by atoms with van der Waals surface area (Å²) in [6, 6.07) is 1.57. The van der Waals surface area contributed by atoms with Gasteiger partial charge >= 0.3 is 5.97 Å². The fourth-order valence-electron chi connectivity index (χ4n) is 1.13. The number of aryl methyl sites for hydroxylation is 1. The Labute approximate surface area is 92.8 Å². The summed E-state index contributed by atoms with van der Waals surface area (Å²) in [6.07, 6.45) is 0.804. The lowest BCUT2D eigenvalue weighted by Crippen LogP contribution is -2.06. The van der Waals surface area contributed by atoms with Gasteiger partial charge in [-0.2, -0.15) is 0 Å². The Balaban J connectivity index is 3.14. The van der Waals surface area contributed by atoms with E-state index in [0.29, 0.717) is 12.3 Å². The Morgan fingerprint density at radius 3 is 2.87 bits per heavy atom. The molecular weight excluding hydrogens is 218 g/mol. The van der Waals surface area contributed by atoms with Crippen LogP contribution in [0, 0.1) is 6.92 Å². The number of ether oxygens (including phenoxy) is 1. The summed E-state index contributed by atoms with van der Waals surface area (Å²) >= 11 is 5.74. The lowest BCUT2D eigenvalue weighted by Gasteiger charge is -2.09. The molecule has 0 unspecified atom stereocenters. The molecule has 15 heavy (non-hydrogen) atoms. The van der Waals surface area contributed by atoms with Crippen molar-refractivity contribution in [3.05, 3.63) is 22.5 Å². The Hall–Kier alpha value is -1.29. The number of nitrogens with zero attached hydrogens (tertiary/aromatic N) is 1. The highest BCUT2D eigenvalue weighted by Crippen LogP contribution is 2.26. The molecule has 0 saturated carbocycles. The smallest absolute Gasteiger partial charge is 0.342 e. The third-order valence-corrected chi connectivity index (χ3v) is 2.02. The van der Waals surface area contributed by atoms with Crippen molar-refractivity contribution in [2.75, 3.05) is 6.61 Å². The van der Waals surface area contributed by atoms with Gasteiger partial charge in [-0.1, -0.05) is 18.5 Å². The van der Waals surface area contributed by atoms with E-state index in [4.69, 9.17) is 21.4 Å². The maximum atomic E-state index is 10.9. The largest absolute Gasteiger partial charge is 0.493 e. The highest BCUT2D eigenvalue weighted by Gasteiger charge is 2.17. The van der Waals surface area contributed by atoms with Gasteiger partial charge in [-0.3, -0.25) is 0 Å². The molecule has 5 heteroatoms. The van der Waals surface area contributed by atoms with Crippen LogP contribution in [0.2, 0.25) is 5.15 Å². The van der Waals surface area contributed by atoms with Crippen LogP contribution in [0.3, 0.4) is 0 Å². The Morgan fingerprint density at radius 2 is 2.33 bits per heavy atom. The zero-order valence-corrected chi connectivity index (χ0v) is 9.34. The lowest BCUT2D eigenvalue weighted by molar-refractivity contribution is 0.0692. The summed E-state index contributed by atoms with van der Waals surface area (Å²) < 4.78 is 5.30. The molecular formula is C10H12ClNO3. The summed E-state index contributed by atoms with van der Waals surface area (Å²) in [5.74, 6) is -0.847. The van der Waals surface area contributed by atoms with Crippen LogP contribution in [0.5, 0.6) is 5.75 Å². The molecule has 0 fully saturated rings. The number of aromatic carboxylic acids is 1. The molecule has 1 heterocycles. The molecule has 0 aliphatic heterocycles. The molecule has 0 saturated heterocycles. The predicted octanol–water partition coefficient (Wildman–Crippen LogP) is 2.53. The van der Waals surface area contributed by atoms with E-state index in [2.05, 4.69) is 4.98 Å². The summed E-state index contributed by atoms with van der Waals surface area (Å²) in [6.45, 7) is 4.13. The second-order valence-electron chi connectivity index (χ2n) is 3.08. The first kappa shape index (κ1) is 11.8. The highest BCUT2D eigenvalue weighted by atomic mass is 35.5. The fourth-order valence-corrected chi connectivity index (χ4v) is 1.43. The molecule has 4 nitrogen and oxygen atoms in total. The van der Waals surface area contributed by atoms with E-state index in [9.17, 15) is 4.79 Å². The van der Waals surface area contributed by atoms with Crippen molar-refractivity contribution >= 4 is 17.6 Å². The number of aromatic nitrogens is 1. The topological polar surface area (TPSA) is 59.4 Å². The minimum Gasteiger partial charge on any atom is -0.493 e. The molecule has 1 rings (SSSR count). The number of pyridine rings is 1. The van der Waals surface area contributed by atoms with Crippen molar-refractivity contribution in [3.8, 4) is 5.75 Å². The second-order valence-corrected chi connectivity index (χ2v) is 3.44. The normalized spacial score (nSPS) is 10.1. The van der Waals surface area contributed by atoms with Crippen LogP contribution >= 0.6 is 11.6 Å². The molecule has 0 radical (unpaired) electrons. The van der Waals surface area contributed by atoms with E-state index < -0.39 is 5.97 Å². The molecule has 0 aromatic carbocycles. The molecule has 0 atom stereocenters. The lowest BCUT2D eigenvalue weighted by atomic mass is 10.2. The Morgan fingerprint density at radius 1 is 1.67 bits per heavy atom. The van der Waals surface area contributed by atoms with Gasteiger partial charge in [-0.15, -0.1) is 0 Å². The van der Waals surface area contributed by atoms with Gasteiger partial charge in [0.15, 0.2) is 0 Å². The van der Waals surface area contributed by atoms with Gasteiger partial charge in [0, 0.05) is 11.8 Å². The second kappa shape index (κ2) is 4.98. The van der Waals surface area contributed by atoms with E-state index in [1.54, 1.807) is 13.0 Å². The van der Waals surface area contributed by atoms with Crippen molar-refractivity contribution in [2.45, 2.75) is 20.3 Å². The van der Waals surface area contributed by atoms with Crippen LogP contribution in [0.1, 0.15) is 29.4 Å². The third-order valence-electron chi connectivity index (χ3n) is 1.74. The summed E-state index contributed by atoms with van der Waals surface area (Å²) in [5, 5.41) is 8.90. The molecule has 0 bridgehead atoms. The predicted molar refractivity (Wildman–Crippen MR) is 56.7 cm³/mol. The SMILES string of the molecule is CCCOc1cc(C)nc(Cl)c1C(=O)O. The first-order chi connectivity index (χ1) is 7.06. The van der Waals surface area contributed by atoms with Crippen molar-refractivity contribution < 1.29 is 14.6 Å². The summed E-state index contributed by atoms with van der Waals surface area (Å²) in [5.41, 5.74) is 0.562. The van der Waals surface area contributed by atoms with Crippen LogP contribution < -0.4 is 4.74 Å². The van der Waals surface area contributed by atoms with Gasteiger partial charge in [0.1, 0.15) is 16.5 Å². The van der Waals surface area contributed by atoms with Crippen LogP contribution in [-0.4, -0.2) is 22.7 Å². The van der Waals surface area contributed by atoms with E-state index >= 15 is 0 Å². The molecule has 1 aromatic heterocycles. The molecule has 0 amide bonds. The number of carbonyl (C=O) groups is 1. The average molecular weight is 230 g/mol. The zero-order chi connectivity index (χ0) is 11.4. The summed E-state index contributed by atoms with van der Waals surface area (Å²) in [7, 11) is 0. The van der Waals surface area contributed by atoms with Gasteiger partial charge in [0.25, 0.3) is 0 Å². The van der Waals surface area contributed by atoms with Gasteiger partial charge in [-0.05, 0) is 13.3 Å². The quantitative estimate of drug-likeness (QED) is 0.806. The fraction of sp³-hybridized carbons (Fsp3) is 0.400. The standard InChI is InChI=1S/C10H12ClNO3/c1-3-4-15-7-5-6(2)12-9(11)8(7)10(13)14/h5H,3-4H2,1-2H3,(H,13,14). The van der Waals surface area contributed by atoms with Crippen molar-refractivity contribution in [3.63, 3.8) is 0 Å². The van der Waals surface area contributed by atoms with E-state index in [-0.39, 0.29) is 16.5 Å². The molecule has 0 spiro atoms. The number of halogens is 1. The van der Waals surface area contributed by atoms with Gasteiger partial charge < -0.3 is 9.84 Å². The van der Waals surface area contributed by atoms with Gasteiger partial charge in [0.2, 0.25) is 0 Å². The van der Waals surface area contributed by atoms with Crippen LogP contribution in [0.4, 0.5) is 0 Å². The number of carboxylic acid groups (broad SMARTS) is 1. The Bertz CT molecular complexity index is 379. The van der Waals surface area contributed by atoms with Crippen LogP contribution in [0.15, 0.2) is 6.07 Å². The van der Waals surface area contributed by atoms with Gasteiger partial charge in [0.05, 0.1) is 6.61 Å². The van der Waals surface area contributed by atoms with E-state index in [0.717, 1.165) is 6.42 Å². The maximum Gasteiger partial charge on any atom is 0.342 e. The van der Waals surface area contributed by atoms with Crippen LogP contribution in [0.25, 0.3) is 0 Å². The first-order valence-electron chi connectivity index (χ1n) is 4.59. The van der Waals surface area contributed by atoms with Crippen molar-refractivity contribution in [1.82, 2.24) is 4.98 Å². The number of hydrogen-bond donors (Lipinski definition) is 1. The van der Waals surface area contributed by atoms with Crippen molar-refractivity contribution in [2.24, 2.45) is 0 Å². The van der Waals surface area contributed by atoms with E-state index in [1.165, 1.54) is 0 Å². The summed E-state index contributed by atoms with van der Waals surface area (Å²) in [4.78, 5) is 14.8. The molecule has 1 N–H and O–H groups in total. The third kappa shape index (κ3) is 2.83.